The number of methoxy groups -OCH3 is 1. The van der Waals surface area contributed by atoms with Crippen molar-refractivity contribution in [3.63, 3.8) is 0 Å². The molecule has 0 spiro atoms. The van der Waals surface area contributed by atoms with Gasteiger partial charge in [0.15, 0.2) is 0 Å². The number of aliphatic carboxylic acids is 1. The van der Waals surface area contributed by atoms with Crippen molar-refractivity contribution in [1.29, 1.82) is 0 Å². The molecule has 0 bridgehead atoms. The van der Waals surface area contributed by atoms with E-state index in [1.807, 2.05) is 6.92 Å². The number of hydrogen-bond acceptors (Lipinski definition) is 3. The fourth-order valence-corrected chi connectivity index (χ4v) is 3.25. The number of carbonyl (C=O) groups is 2. The minimum Gasteiger partial charge on any atom is -0.481 e. The molecule has 0 aromatic heterocycles. The van der Waals surface area contributed by atoms with E-state index in [4.69, 9.17) is 4.74 Å². The van der Waals surface area contributed by atoms with Gasteiger partial charge in [0.1, 0.15) is 0 Å². The van der Waals surface area contributed by atoms with Gasteiger partial charge in [0.05, 0.1) is 18.9 Å². The third-order valence-corrected chi connectivity index (χ3v) is 5.05. The van der Waals surface area contributed by atoms with Crippen molar-refractivity contribution >= 4 is 11.9 Å². The number of ether oxygens (including phenoxy) is 1. The van der Waals surface area contributed by atoms with Gasteiger partial charge in [-0.2, -0.15) is 0 Å². The van der Waals surface area contributed by atoms with Crippen LogP contribution in [0.2, 0.25) is 0 Å². The summed E-state index contributed by atoms with van der Waals surface area (Å²) in [5, 5.41) is 9.35. The van der Waals surface area contributed by atoms with E-state index in [1.165, 1.54) is 39.2 Å². The molecule has 0 saturated heterocycles. The lowest BCUT2D eigenvalue weighted by molar-refractivity contribution is -0.145. The molecule has 0 aliphatic rings. The molecule has 0 aromatic rings. The van der Waals surface area contributed by atoms with Gasteiger partial charge in [0.2, 0.25) is 0 Å². The number of carboxylic acids is 1. The Balaban J connectivity index is 3.63. The molecule has 0 saturated carbocycles. The topological polar surface area (TPSA) is 63.6 Å². The third-order valence-electron chi connectivity index (χ3n) is 5.05. The Labute approximate surface area is 154 Å². The summed E-state index contributed by atoms with van der Waals surface area (Å²) in [5.74, 6) is -0.927. The van der Waals surface area contributed by atoms with Gasteiger partial charge in [0, 0.05) is 0 Å². The molecule has 0 aliphatic heterocycles. The molecule has 0 fully saturated rings. The van der Waals surface area contributed by atoms with Crippen molar-refractivity contribution in [3.8, 4) is 0 Å². The quantitative estimate of drug-likeness (QED) is 0.257. The van der Waals surface area contributed by atoms with Crippen LogP contribution in [0.15, 0.2) is 0 Å². The Kier molecular flexibility index (Phi) is 15.7. The molecule has 1 N–H and O–H groups in total. The number of unbranched alkanes of at least 4 members (excludes halogenated alkanes) is 9. The smallest absolute Gasteiger partial charge is 0.308 e. The molecule has 2 atom stereocenters. The minimum atomic E-state index is -0.625. The zero-order valence-electron chi connectivity index (χ0n) is 16.7. The molecule has 0 aromatic carbocycles. The molecule has 0 radical (unpaired) electrons. The Morgan fingerprint density at radius 1 is 0.800 bits per heavy atom. The summed E-state index contributed by atoms with van der Waals surface area (Å²) < 4.78 is 4.72. The van der Waals surface area contributed by atoms with Crippen LogP contribution >= 0.6 is 0 Å². The maximum atomic E-state index is 11.4. The molecule has 148 valence electrons. The Morgan fingerprint density at radius 3 is 1.68 bits per heavy atom. The standard InChI is InChI=1S/C21H40O4/c1-4-5-6-7-10-13-16-19(20(22)23)17-14-11-8-9-12-15-18(2)21(24)25-3/h18-19H,4-17H2,1-3H3,(H,22,23). The van der Waals surface area contributed by atoms with Gasteiger partial charge in [-0.25, -0.2) is 0 Å². The van der Waals surface area contributed by atoms with E-state index < -0.39 is 5.97 Å². The zero-order chi connectivity index (χ0) is 18.9. The average molecular weight is 357 g/mol. The highest BCUT2D eigenvalue weighted by Gasteiger charge is 2.16. The van der Waals surface area contributed by atoms with Crippen LogP contribution in [0, 0.1) is 11.8 Å². The van der Waals surface area contributed by atoms with Gasteiger partial charge in [-0.15, -0.1) is 0 Å². The van der Waals surface area contributed by atoms with Gasteiger partial charge in [-0.05, 0) is 19.3 Å². The van der Waals surface area contributed by atoms with Crippen molar-refractivity contribution in [3.05, 3.63) is 0 Å². The SMILES string of the molecule is CCCCCCCCC(CCCCCCCC(C)C(=O)OC)C(=O)O. The summed E-state index contributed by atoms with van der Waals surface area (Å²) in [6.07, 6.45) is 15.2. The summed E-state index contributed by atoms with van der Waals surface area (Å²) in [7, 11) is 1.43. The molecule has 25 heavy (non-hydrogen) atoms. The third kappa shape index (κ3) is 13.9. The minimum absolute atomic E-state index is 0.0151. The monoisotopic (exact) mass is 356 g/mol. The van der Waals surface area contributed by atoms with Crippen molar-refractivity contribution < 1.29 is 19.4 Å². The number of carboxylic acid groups (broad SMARTS) is 1. The second-order valence-electron chi connectivity index (χ2n) is 7.36. The summed E-state index contributed by atoms with van der Waals surface area (Å²) in [6, 6.07) is 0. The van der Waals surface area contributed by atoms with Crippen LogP contribution < -0.4 is 0 Å². The first-order chi connectivity index (χ1) is 12.0. The number of esters is 1. The van der Waals surface area contributed by atoms with Crippen LogP contribution in [-0.4, -0.2) is 24.2 Å². The second-order valence-corrected chi connectivity index (χ2v) is 7.36. The Bertz CT molecular complexity index is 341. The molecular formula is C21H40O4. The average Bonchev–Trinajstić information content (AvgIpc) is 2.60. The lowest BCUT2D eigenvalue weighted by Crippen LogP contribution is -2.13. The molecule has 4 nitrogen and oxygen atoms in total. The lowest BCUT2D eigenvalue weighted by Gasteiger charge is -2.12. The largest absolute Gasteiger partial charge is 0.481 e. The Hall–Kier alpha value is -1.06. The molecule has 0 rings (SSSR count). The molecule has 0 aliphatic carbocycles. The van der Waals surface area contributed by atoms with E-state index in [-0.39, 0.29) is 17.8 Å². The molecule has 0 amide bonds. The van der Waals surface area contributed by atoms with Gasteiger partial charge in [-0.1, -0.05) is 84.5 Å². The summed E-state index contributed by atoms with van der Waals surface area (Å²) in [5.41, 5.74) is 0. The number of rotatable bonds is 17. The fourth-order valence-electron chi connectivity index (χ4n) is 3.25. The van der Waals surface area contributed by atoms with E-state index in [2.05, 4.69) is 6.92 Å². The van der Waals surface area contributed by atoms with E-state index in [0.717, 1.165) is 57.8 Å². The Morgan fingerprint density at radius 2 is 1.24 bits per heavy atom. The first kappa shape index (κ1) is 23.9. The van der Waals surface area contributed by atoms with Gasteiger partial charge >= 0.3 is 11.9 Å². The number of hydrogen-bond donors (Lipinski definition) is 1. The van der Waals surface area contributed by atoms with Crippen molar-refractivity contribution in [2.45, 2.75) is 104 Å². The molecule has 4 heteroatoms. The van der Waals surface area contributed by atoms with Crippen LogP contribution in [-0.2, 0) is 14.3 Å². The molecule has 2 unspecified atom stereocenters. The second kappa shape index (κ2) is 16.4. The van der Waals surface area contributed by atoms with Gasteiger partial charge in [-0.3, -0.25) is 9.59 Å². The van der Waals surface area contributed by atoms with Crippen molar-refractivity contribution in [2.24, 2.45) is 11.8 Å². The van der Waals surface area contributed by atoms with Crippen LogP contribution in [0.5, 0.6) is 0 Å². The van der Waals surface area contributed by atoms with E-state index in [1.54, 1.807) is 0 Å². The van der Waals surface area contributed by atoms with Crippen molar-refractivity contribution in [1.82, 2.24) is 0 Å². The molecular weight excluding hydrogens is 316 g/mol. The predicted molar refractivity (Wildman–Crippen MR) is 103 cm³/mol. The normalized spacial score (nSPS) is 13.4. The lowest BCUT2D eigenvalue weighted by atomic mass is 9.94. The highest BCUT2D eigenvalue weighted by molar-refractivity contribution is 5.71. The van der Waals surface area contributed by atoms with E-state index in [9.17, 15) is 14.7 Å². The summed E-state index contributed by atoms with van der Waals surface area (Å²) in [4.78, 5) is 22.7. The highest BCUT2D eigenvalue weighted by Crippen LogP contribution is 2.20. The van der Waals surface area contributed by atoms with Crippen LogP contribution in [0.1, 0.15) is 104 Å². The predicted octanol–water partition coefficient (Wildman–Crippen LogP) is 5.98. The van der Waals surface area contributed by atoms with Crippen LogP contribution in [0.3, 0.4) is 0 Å². The first-order valence-electron chi connectivity index (χ1n) is 10.3. The van der Waals surface area contributed by atoms with E-state index in [0.29, 0.717) is 0 Å². The summed E-state index contributed by atoms with van der Waals surface area (Å²) in [6.45, 7) is 4.12. The maximum Gasteiger partial charge on any atom is 0.308 e. The van der Waals surface area contributed by atoms with Crippen LogP contribution in [0.4, 0.5) is 0 Å². The number of carbonyl (C=O) groups excluding carboxylic acids is 1. The fraction of sp³-hybridized carbons (Fsp3) is 0.905. The van der Waals surface area contributed by atoms with Crippen molar-refractivity contribution in [2.75, 3.05) is 7.11 Å². The van der Waals surface area contributed by atoms with Gasteiger partial charge < -0.3 is 9.84 Å². The first-order valence-corrected chi connectivity index (χ1v) is 10.3. The summed E-state index contributed by atoms with van der Waals surface area (Å²) >= 11 is 0. The molecule has 0 heterocycles. The van der Waals surface area contributed by atoms with E-state index >= 15 is 0 Å². The van der Waals surface area contributed by atoms with Gasteiger partial charge in [0.25, 0.3) is 0 Å². The van der Waals surface area contributed by atoms with Crippen LogP contribution in [0.25, 0.3) is 0 Å². The maximum absolute atomic E-state index is 11.4. The zero-order valence-corrected chi connectivity index (χ0v) is 16.7. The highest BCUT2D eigenvalue weighted by atomic mass is 16.5.